The van der Waals surface area contributed by atoms with Crippen LogP contribution < -0.4 is 5.32 Å². The topological polar surface area (TPSA) is 67.8 Å². The van der Waals surface area contributed by atoms with Crippen molar-refractivity contribution in [1.82, 2.24) is 15.0 Å². The number of pyridine rings is 1. The number of anilines is 1. The third-order valence-corrected chi connectivity index (χ3v) is 2.22. The molecule has 0 atom stereocenters. The maximum Gasteiger partial charge on any atom is 0.258 e. The largest absolute Gasteiger partial charge is 0.306 e. The van der Waals surface area contributed by atoms with Gasteiger partial charge in [-0.1, -0.05) is 0 Å². The number of hydrogen-bond donors (Lipinski definition) is 1. The lowest BCUT2D eigenvalue weighted by Crippen LogP contribution is -2.13. The molecule has 2 aromatic rings. The number of amides is 1. The third kappa shape index (κ3) is 2.98. The fourth-order valence-electron chi connectivity index (χ4n) is 1.20. The average Bonchev–Trinajstić information content (AvgIpc) is 2.29. The Hall–Kier alpha value is -2.01. The Labute approximate surface area is 103 Å². The molecule has 0 aliphatic rings. The first-order valence-corrected chi connectivity index (χ1v) is 5.25. The molecule has 0 aliphatic heterocycles. The summed E-state index contributed by atoms with van der Waals surface area (Å²) in [5, 5.41) is 2.69. The first-order chi connectivity index (χ1) is 8.15. The fraction of sp³-hybridized carbons (Fsp3) is 0.0909. The molecule has 0 unspecified atom stereocenters. The highest BCUT2D eigenvalue weighted by atomic mass is 35.5. The molecule has 1 amide bonds. The summed E-state index contributed by atoms with van der Waals surface area (Å²) >= 11 is 5.61. The van der Waals surface area contributed by atoms with Crippen molar-refractivity contribution in [2.75, 3.05) is 5.32 Å². The molecular formula is C11H9ClN4O. The van der Waals surface area contributed by atoms with E-state index in [0.717, 1.165) is 5.69 Å². The number of rotatable bonds is 2. The Morgan fingerprint density at radius 3 is 2.76 bits per heavy atom. The lowest BCUT2D eigenvalue weighted by atomic mass is 10.2. The Balaban J connectivity index is 2.14. The van der Waals surface area contributed by atoms with Gasteiger partial charge in [-0.25, -0.2) is 9.97 Å². The van der Waals surface area contributed by atoms with E-state index in [9.17, 15) is 4.79 Å². The first kappa shape index (κ1) is 11.5. The van der Waals surface area contributed by atoms with E-state index in [2.05, 4.69) is 20.3 Å². The molecule has 2 rings (SSSR count). The fourth-order valence-corrected chi connectivity index (χ4v) is 1.34. The minimum atomic E-state index is -0.285. The normalized spacial score (nSPS) is 10.0. The maximum absolute atomic E-state index is 11.8. The number of nitrogens with one attached hydrogen (secondary N) is 1. The van der Waals surface area contributed by atoms with Gasteiger partial charge in [0.25, 0.3) is 5.91 Å². The van der Waals surface area contributed by atoms with Gasteiger partial charge in [0.15, 0.2) is 0 Å². The lowest BCUT2D eigenvalue weighted by Gasteiger charge is -2.03. The van der Waals surface area contributed by atoms with E-state index >= 15 is 0 Å². The zero-order valence-corrected chi connectivity index (χ0v) is 9.77. The lowest BCUT2D eigenvalue weighted by molar-refractivity contribution is 0.102. The summed E-state index contributed by atoms with van der Waals surface area (Å²) in [6.45, 7) is 1.85. The number of carbonyl (C=O) groups excluding carboxylic acids is 1. The van der Waals surface area contributed by atoms with Gasteiger partial charge in [-0.3, -0.25) is 9.78 Å². The minimum absolute atomic E-state index is 0.0878. The summed E-state index contributed by atoms with van der Waals surface area (Å²) in [5.41, 5.74) is 1.32. The zero-order valence-electron chi connectivity index (χ0n) is 9.01. The van der Waals surface area contributed by atoms with Gasteiger partial charge in [-0.05, 0) is 36.7 Å². The molecule has 0 aromatic carbocycles. The molecule has 0 aliphatic carbocycles. The standard InChI is InChI=1S/C11H9ClN4O/c1-7-2-3-8(6-14-7)10(17)15-9-4-5-13-11(12)16-9/h2-6H,1H3,(H,13,15,16,17). The summed E-state index contributed by atoms with van der Waals surface area (Å²) in [6.07, 6.45) is 2.98. The number of halogens is 1. The molecular weight excluding hydrogens is 240 g/mol. The van der Waals surface area contributed by atoms with Gasteiger partial charge in [-0.15, -0.1) is 0 Å². The predicted molar refractivity (Wildman–Crippen MR) is 64.0 cm³/mol. The van der Waals surface area contributed by atoms with Crippen molar-refractivity contribution >= 4 is 23.3 Å². The minimum Gasteiger partial charge on any atom is -0.306 e. The van der Waals surface area contributed by atoms with Crippen LogP contribution >= 0.6 is 11.6 Å². The predicted octanol–water partition coefficient (Wildman–Crippen LogP) is 2.09. The second-order valence-electron chi connectivity index (χ2n) is 3.35. The van der Waals surface area contributed by atoms with Crippen molar-refractivity contribution in [3.05, 3.63) is 47.1 Å². The summed E-state index contributed by atoms with van der Waals surface area (Å²) < 4.78 is 0. The third-order valence-electron chi connectivity index (χ3n) is 2.04. The van der Waals surface area contributed by atoms with Crippen LogP contribution in [-0.2, 0) is 0 Å². The van der Waals surface area contributed by atoms with E-state index in [4.69, 9.17) is 11.6 Å². The Morgan fingerprint density at radius 2 is 2.12 bits per heavy atom. The van der Waals surface area contributed by atoms with Crippen LogP contribution in [0, 0.1) is 6.92 Å². The van der Waals surface area contributed by atoms with Crippen LogP contribution in [0.5, 0.6) is 0 Å². The second kappa shape index (κ2) is 4.88. The number of aryl methyl sites for hydroxylation is 1. The Bertz CT molecular complexity index is 541. The smallest absolute Gasteiger partial charge is 0.258 e. The molecule has 0 radical (unpaired) electrons. The molecule has 86 valence electrons. The van der Waals surface area contributed by atoms with Crippen molar-refractivity contribution < 1.29 is 4.79 Å². The van der Waals surface area contributed by atoms with Crippen molar-refractivity contribution in [1.29, 1.82) is 0 Å². The average molecular weight is 249 g/mol. The van der Waals surface area contributed by atoms with E-state index in [1.807, 2.05) is 6.92 Å². The van der Waals surface area contributed by atoms with Crippen LogP contribution in [0.25, 0.3) is 0 Å². The van der Waals surface area contributed by atoms with E-state index in [1.54, 1.807) is 18.2 Å². The van der Waals surface area contributed by atoms with Gasteiger partial charge >= 0.3 is 0 Å². The maximum atomic E-state index is 11.8. The summed E-state index contributed by atoms with van der Waals surface area (Å²) in [7, 11) is 0. The second-order valence-corrected chi connectivity index (χ2v) is 3.69. The molecule has 2 aromatic heterocycles. The van der Waals surface area contributed by atoms with Gasteiger partial charge < -0.3 is 5.32 Å². The molecule has 2 heterocycles. The SMILES string of the molecule is Cc1ccc(C(=O)Nc2ccnc(Cl)n2)cn1. The Kier molecular flexibility index (Phi) is 3.30. The van der Waals surface area contributed by atoms with E-state index in [0.29, 0.717) is 11.4 Å². The Morgan fingerprint density at radius 1 is 1.29 bits per heavy atom. The highest BCUT2D eigenvalue weighted by molar-refractivity contribution is 6.28. The number of carbonyl (C=O) groups is 1. The van der Waals surface area contributed by atoms with Crippen molar-refractivity contribution in [2.45, 2.75) is 6.92 Å². The number of nitrogens with zero attached hydrogens (tertiary/aromatic N) is 3. The van der Waals surface area contributed by atoms with Gasteiger partial charge in [0.05, 0.1) is 5.56 Å². The zero-order chi connectivity index (χ0) is 12.3. The monoisotopic (exact) mass is 248 g/mol. The van der Waals surface area contributed by atoms with Crippen LogP contribution in [0.3, 0.4) is 0 Å². The number of aromatic nitrogens is 3. The highest BCUT2D eigenvalue weighted by Crippen LogP contribution is 2.08. The number of hydrogen-bond acceptors (Lipinski definition) is 4. The van der Waals surface area contributed by atoms with Gasteiger partial charge in [0.2, 0.25) is 5.28 Å². The quantitative estimate of drug-likeness (QED) is 0.827. The summed E-state index contributed by atoms with van der Waals surface area (Å²) in [6, 6.07) is 5.02. The van der Waals surface area contributed by atoms with Crippen LogP contribution in [0.15, 0.2) is 30.6 Å². The van der Waals surface area contributed by atoms with Crippen LogP contribution in [0.2, 0.25) is 5.28 Å². The highest BCUT2D eigenvalue weighted by Gasteiger charge is 2.07. The molecule has 17 heavy (non-hydrogen) atoms. The van der Waals surface area contributed by atoms with Crippen LogP contribution in [0.4, 0.5) is 5.82 Å². The summed E-state index contributed by atoms with van der Waals surface area (Å²) in [4.78, 5) is 23.4. The molecule has 6 heteroatoms. The first-order valence-electron chi connectivity index (χ1n) is 4.88. The van der Waals surface area contributed by atoms with Crippen molar-refractivity contribution in [3.8, 4) is 0 Å². The van der Waals surface area contributed by atoms with E-state index in [-0.39, 0.29) is 11.2 Å². The van der Waals surface area contributed by atoms with Gasteiger partial charge in [-0.2, -0.15) is 0 Å². The van der Waals surface area contributed by atoms with E-state index < -0.39 is 0 Å². The molecule has 0 spiro atoms. The van der Waals surface area contributed by atoms with Gasteiger partial charge in [0.1, 0.15) is 5.82 Å². The van der Waals surface area contributed by atoms with Crippen molar-refractivity contribution in [3.63, 3.8) is 0 Å². The van der Waals surface area contributed by atoms with Crippen LogP contribution in [-0.4, -0.2) is 20.9 Å². The molecule has 0 fully saturated rings. The molecule has 0 bridgehead atoms. The molecule has 0 saturated carbocycles. The van der Waals surface area contributed by atoms with Crippen molar-refractivity contribution in [2.24, 2.45) is 0 Å². The van der Waals surface area contributed by atoms with E-state index in [1.165, 1.54) is 12.4 Å². The molecule has 1 N–H and O–H groups in total. The van der Waals surface area contributed by atoms with Gasteiger partial charge in [0, 0.05) is 18.1 Å². The van der Waals surface area contributed by atoms with Crippen LogP contribution in [0.1, 0.15) is 16.1 Å². The summed E-state index contributed by atoms with van der Waals surface area (Å²) in [5.74, 6) is 0.0721. The molecule has 0 saturated heterocycles. The molecule has 5 nitrogen and oxygen atoms in total.